The molecule has 0 amide bonds. The van der Waals surface area contributed by atoms with E-state index < -0.39 is 35.0 Å². The fourth-order valence-corrected chi connectivity index (χ4v) is 3.95. The maximum atomic E-state index is 12.9. The van der Waals surface area contributed by atoms with E-state index in [0.717, 1.165) is 4.90 Å². The second-order valence-electron chi connectivity index (χ2n) is 8.11. The average molecular weight is 454 g/mol. The Morgan fingerprint density at radius 1 is 0.968 bits per heavy atom. The van der Waals surface area contributed by atoms with Crippen LogP contribution >= 0.6 is 11.8 Å². The largest absolute Gasteiger partial charge is 0.465 e. The average Bonchev–Trinajstić information content (AvgIpc) is 2.70. The molecular weight excluding hydrogens is 418 g/mol. The normalized spacial score (nSPS) is 12.7. The number of benzene rings is 1. The zero-order valence-corrected chi connectivity index (χ0v) is 20.0. The number of hydrogen-bond acceptors (Lipinski definition) is 8. The summed E-state index contributed by atoms with van der Waals surface area (Å²) >= 11 is 1.53. The zero-order chi connectivity index (χ0) is 23.5. The highest BCUT2D eigenvalue weighted by molar-refractivity contribution is 7.99. The second kappa shape index (κ2) is 12.7. The summed E-state index contributed by atoms with van der Waals surface area (Å²) in [6.07, 6.45) is 0.314. The van der Waals surface area contributed by atoms with Crippen LogP contribution in [0.25, 0.3) is 0 Å². The van der Waals surface area contributed by atoms with Gasteiger partial charge in [0.2, 0.25) is 0 Å². The van der Waals surface area contributed by atoms with Gasteiger partial charge in [0.25, 0.3) is 0 Å². The van der Waals surface area contributed by atoms with Crippen LogP contribution < -0.4 is 5.73 Å². The molecule has 8 heteroatoms. The molecule has 174 valence electrons. The third kappa shape index (κ3) is 8.91. The predicted molar refractivity (Wildman–Crippen MR) is 121 cm³/mol. The highest BCUT2D eigenvalue weighted by Crippen LogP contribution is 2.35. The molecule has 1 rings (SSSR count). The Morgan fingerprint density at radius 2 is 1.52 bits per heavy atom. The number of thioether (sulfide) groups is 1. The molecule has 1 unspecified atom stereocenters. The first-order chi connectivity index (χ1) is 14.6. The quantitative estimate of drug-likeness (QED) is 0.221. The minimum Gasteiger partial charge on any atom is -0.465 e. The number of carbonyl (C=O) groups excluding carboxylic acids is 3. The lowest BCUT2D eigenvalue weighted by atomic mass is 9.79. The second-order valence-corrected chi connectivity index (χ2v) is 9.28. The van der Waals surface area contributed by atoms with Crippen LogP contribution in [0.1, 0.15) is 53.9 Å². The SMILES string of the molecule is CCOC(=O)C(CCSc1ccccc1)(CCC(N)C(=O)OC(C)(C)C)C(=O)OCC. The fourth-order valence-electron chi connectivity index (χ4n) is 2.91. The van der Waals surface area contributed by atoms with Crippen molar-refractivity contribution in [2.24, 2.45) is 11.1 Å². The van der Waals surface area contributed by atoms with Gasteiger partial charge >= 0.3 is 17.9 Å². The van der Waals surface area contributed by atoms with E-state index in [1.807, 2.05) is 30.3 Å². The maximum Gasteiger partial charge on any atom is 0.323 e. The van der Waals surface area contributed by atoms with E-state index in [-0.39, 0.29) is 32.5 Å². The Kier molecular flexibility index (Phi) is 11.1. The van der Waals surface area contributed by atoms with Gasteiger partial charge in [0.05, 0.1) is 13.2 Å². The third-order valence-corrected chi connectivity index (χ3v) is 5.48. The number of ether oxygens (including phenoxy) is 3. The molecule has 0 aromatic heterocycles. The van der Waals surface area contributed by atoms with Crippen LogP contribution in [0.5, 0.6) is 0 Å². The summed E-state index contributed by atoms with van der Waals surface area (Å²) in [6.45, 7) is 8.87. The molecule has 0 saturated heterocycles. The first-order valence-corrected chi connectivity index (χ1v) is 11.5. The first-order valence-electron chi connectivity index (χ1n) is 10.6. The van der Waals surface area contributed by atoms with Crippen LogP contribution in [0.15, 0.2) is 35.2 Å². The number of esters is 3. The Balaban J connectivity index is 3.03. The molecule has 0 bridgehead atoms. The van der Waals surface area contributed by atoms with E-state index in [9.17, 15) is 14.4 Å². The van der Waals surface area contributed by atoms with Crippen molar-refractivity contribution in [2.75, 3.05) is 19.0 Å². The third-order valence-electron chi connectivity index (χ3n) is 4.46. The molecule has 0 aliphatic heterocycles. The van der Waals surface area contributed by atoms with Gasteiger partial charge in [-0.15, -0.1) is 11.8 Å². The number of nitrogens with two attached hydrogens (primary N) is 1. The summed E-state index contributed by atoms with van der Waals surface area (Å²) in [5.74, 6) is -1.40. The molecule has 0 radical (unpaired) electrons. The first kappa shape index (κ1) is 27.0. The monoisotopic (exact) mass is 453 g/mol. The van der Waals surface area contributed by atoms with E-state index >= 15 is 0 Å². The summed E-state index contributed by atoms with van der Waals surface area (Å²) in [5, 5.41) is 0. The van der Waals surface area contributed by atoms with Crippen LogP contribution in [0.2, 0.25) is 0 Å². The van der Waals surface area contributed by atoms with Crippen LogP contribution in [-0.2, 0) is 28.6 Å². The lowest BCUT2D eigenvalue weighted by Gasteiger charge is -2.30. The van der Waals surface area contributed by atoms with Gasteiger partial charge in [-0.05, 0) is 71.8 Å². The van der Waals surface area contributed by atoms with Gasteiger partial charge in [-0.2, -0.15) is 0 Å². The molecule has 1 atom stereocenters. The van der Waals surface area contributed by atoms with Crippen LogP contribution in [-0.4, -0.2) is 48.5 Å². The van der Waals surface area contributed by atoms with Gasteiger partial charge in [-0.3, -0.25) is 14.4 Å². The molecule has 0 aliphatic carbocycles. The van der Waals surface area contributed by atoms with Crippen LogP contribution in [0.3, 0.4) is 0 Å². The summed E-state index contributed by atoms with van der Waals surface area (Å²) in [5.41, 5.74) is 3.80. The lowest BCUT2D eigenvalue weighted by molar-refractivity contribution is -0.174. The molecule has 0 aliphatic rings. The smallest absolute Gasteiger partial charge is 0.323 e. The molecular formula is C23H35NO6S. The Morgan fingerprint density at radius 3 is 2.00 bits per heavy atom. The molecule has 0 saturated carbocycles. The summed E-state index contributed by atoms with van der Waals surface area (Å²) in [6, 6.07) is 8.71. The van der Waals surface area contributed by atoms with Crippen molar-refractivity contribution in [3.8, 4) is 0 Å². The molecule has 2 N–H and O–H groups in total. The van der Waals surface area contributed by atoms with E-state index in [0.29, 0.717) is 5.75 Å². The molecule has 0 fully saturated rings. The van der Waals surface area contributed by atoms with Gasteiger partial charge in [-0.1, -0.05) is 18.2 Å². The van der Waals surface area contributed by atoms with Crippen LogP contribution in [0, 0.1) is 5.41 Å². The molecule has 1 aromatic rings. The van der Waals surface area contributed by atoms with Gasteiger partial charge in [0.15, 0.2) is 5.41 Å². The maximum absolute atomic E-state index is 12.9. The minimum absolute atomic E-state index is 0.0282. The van der Waals surface area contributed by atoms with Crippen molar-refractivity contribution in [3.63, 3.8) is 0 Å². The molecule has 31 heavy (non-hydrogen) atoms. The van der Waals surface area contributed by atoms with Crippen molar-refractivity contribution in [1.82, 2.24) is 0 Å². The van der Waals surface area contributed by atoms with Crippen molar-refractivity contribution in [3.05, 3.63) is 30.3 Å². The lowest BCUT2D eigenvalue weighted by Crippen LogP contribution is -2.45. The van der Waals surface area contributed by atoms with Gasteiger partial charge < -0.3 is 19.9 Å². The fraction of sp³-hybridized carbons (Fsp3) is 0.609. The Bertz CT molecular complexity index is 699. The van der Waals surface area contributed by atoms with Gasteiger partial charge in [0.1, 0.15) is 11.6 Å². The number of carbonyl (C=O) groups is 3. The van der Waals surface area contributed by atoms with Gasteiger partial charge in [0, 0.05) is 4.90 Å². The minimum atomic E-state index is -1.53. The van der Waals surface area contributed by atoms with Crippen molar-refractivity contribution in [2.45, 2.75) is 70.4 Å². The molecule has 7 nitrogen and oxygen atoms in total. The van der Waals surface area contributed by atoms with E-state index in [1.165, 1.54) is 11.8 Å². The topological polar surface area (TPSA) is 105 Å². The molecule has 0 heterocycles. The Labute approximate surface area is 189 Å². The number of hydrogen-bond donors (Lipinski definition) is 1. The zero-order valence-electron chi connectivity index (χ0n) is 19.1. The highest BCUT2D eigenvalue weighted by Gasteiger charge is 2.48. The standard InChI is InChI=1S/C23H35NO6S/c1-6-28-20(26)23(21(27)29-7-2,15-16-31-17-11-9-8-10-12-17)14-13-18(24)19(25)30-22(3,4)5/h8-12,18H,6-7,13-16,24H2,1-5H3. The van der Waals surface area contributed by atoms with Crippen molar-refractivity contribution < 1.29 is 28.6 Å². The number of rotatable bonds is 12. The summed E-state index contributed by atoms with van der Waals surface area (Å²) < 4.78 is 15.8. The van der Waals surface area contributed by atoms with E-state index in [2.05, 4.69) is 0 Å². The summed E-state index contributed by atoms with van der Waals surface area (Å²) in [7, 11) is 0. The predicted octanol–water partition coefficient (Wildman–Crippen LogP) is 3.73. The van der Waals surface area contributed by atoms with Crippen LogP contribution in [0.4, 0.5) is 0 Å². The van der Waals surface area contributed by atoms with E-state index in [1.54, 1.807) is 34.6 Å². The Hall–Kier alpha value is -2.06. The molecule has 1 aromatic carbocycles. The highest BCUT2D eigenvalue weighted by atomic mass is 32.2. The van der Waals surface area contributed by atoms with Gasteiger partial charge in [-0.25, -0.2) is 0 Å². The molecule has 0 spiro atoms. The van der Waals surface area contributed by atoms with E-state index in [4.69, 9.17) is 19.9 Å². The summed E-state index contributed by atoms with van der Waals surface area (Å²) in [4.78, 5) is 39.2. The van der Waals surface area contributed by atoms with Crippen molar-refractivity contribution >= 4 is 29.7 Å². The van der Waals surface area contributed by atoms with Crippen molar-refractivity contribution in [1.29, 1.82) is 0 Å².